The molecular weight excluding hydrogens is 276 g/mol. The molecule has 9 heteroatoms. The van der Waals surface area contributed by atoms with Crippen molar-refractivity contribution in [3.63, 3.8) is 0 Å². The fourth-order valence-corrected chi connectivity index (χ4v) is 2.79. The maximum Gasteiger partial charge on any atom is 0.164 e. The molecule has 1 saturated heterocycles. The molecule has 21 heavy (non-hydrogen) atoms. The highest BCUT2D eigenvalue weighted by molar-refractivity contribution is 6.13. The molecule has 0 unspecified atom stereocenters. The molecule has 0 radical (unpaired) electrons. The SMILES string of the molecule is CN1N=C(N)c2cn([C@@H]3OC[C@H](O)[C@H]3O)c3ncnc1c23. The number of hydrazone groups is 1. The average molecular weight is 290 g/mol. The van der Waals surface area contributed by atoms with Crippen LogP contribution >= 0.6 is 0 Å². The fourth-order valence-electron chi connectivity index (χ4n) is 2.79. The van der Waals surface area contributed by atoms with Gasteiger partial charge in [-0.1, -0.05) is 0 Å². The molecule has 4 N–H and O–H groups in total. The smallest absolute Gasteiger partial charge is 0.164 e. The lowest BCUT2D eigenvalue weighted by atomic mass is 10.2. The van der Waals surface area contributed by atoms with Crippen LogP contribution in [0.15, 0.2) is 17.6 Å². The summed E-state index contributed by atoms with van der Waals surface area (Å²) in [5.74, 6) is 0.979. The summed E-state index contributed by atoms with van der Waals surface area (Å²) >= 11 is 0. The number of aliphatic hydroxyl groups is 2. The number of hydrogen-bond acceptors (Lipinski definition) is 8. The second kappa shape index (κ2) is 4.13. The number of ether oxygens (including phenoxy) is 1. The van der Waals surface area contributed by atoms with E-state index in [1.807, 2.05) is 0 Å². The van der Waals surface area contributed by atoms with Crippen LogP contribution in [0.2, 0.25) is 0 Å². The molecule has 2 aromatic rings. The molecule has 0 aromatic carbocycles. The maximum atomic E-state index is 10.0. The molecule has 2 aliphatic rings. The Bertz CT molecular complexity index is 757. The zero-order chi connectivity index (χ0) is 14.7. The van der Waals surface area contributed by atoms with Crippen LogP contribution < -0.4 is 10.7 Å². The molecule has 110 valence electrons. The number of aliphatic hydroxyl groups excluding tert-OH is 2. The van der Waals surface area contributed by atoms with Crippen LogP contribution in [0.5, 0.6) is 0 Å². The van der Waals surface area contributed by atoms with Crippen LogP contribution in [-0.4, -0.2) is 56.4 Å². The van der Waals surface area contributed by atoms with E-state index in [9.17, 15) is 10.2 Å². The van der Waals surface area contributed by atoms with Crippen LogP contribution in [0.1, 0.15) is 11.8 Å². The van der Waals surface area contributed by atoms with Gasteiger partial charge < -0.3 is 25.3 Å². The van der Waals surface area contributed by atoms with E-state index in [1.54, 1.807) is 22.8 Å². The largest absolute Gasteiger partial charge is 0.388 e. The van der Waals surface area contributed by atoms with E-state index in [2.05, 4.69) is 15.1 Å². The van der Waals surface area contributed by atoms with Crippen molar-refractivity contribution in [1.82, 2.24) is 14.5 Å². The normalized spacial score (nSPS) is 28.2. The first-order chi connectivity index (χ1) is 10.1. The first kappa shape index (κ1) is 12.5. The standard InChI is InChI=1S/C12H14N6O3/c1-17-10-7-5(9(13)16-17)2-18(11(7)15-4-14-10)12-8(20)6(19)3-21-12/h2,4,6,8,12,19-20H,3H2,1H3,(H2,13,16)/t6-,8+,12+/m0/s1. The Hall–Kier alpha value is -2.23. The van der Waals surface area contributed by atoms with Crippen LogP contribution in [0.3, 0.4) is 0 Å². The van der Waals surface area contributed by atoms with Gasteiger partial charge in [0.1, 0.15) is 24.2 Å². The van der Waals surface area contributed by atoms with E-state index in [0.717, 1.165) is 5.39 Å². The van der Waals surface area contributed by atoms with Crippen molar-refractivity contribution < 1.29 is 14.9 Å². The molecule has 4 rings (SSSR count). The van der Waals surface area contributed by atoms with Gasteiger partial charge in [0.25, 0.3) is 0 Å². The molecule has 9 nitrogen and oxygen atoms in total. The van der Waals surface area contributed by atoms with Crippen LogP contribution in [-0.2, 0) is 4.74 Å². The second-order valence-electron chi connectivity index (χ2n) is 5.14. The maximum absolute atomic E-state index is 10.0. The first-order valence-electron chi connectivity index (χ1n) is 6.49. The summed E-state index contributed by atoms with van der Waals surface area (Å²) in [4.78, 5) is 8.47. The van der Waals surface area contributed by atoms with E-state index in [1.165, 1.54) is 6.33 Å². The average Bonchev–Trinajstić information content (AvgIpc) is 3.00. The van der Waals surface area contributed by atoms with Crippen molar-refractivity contribution in [2.75, 3.05) is 18.7 Å². The number of amidine groups is 1. The van der Waals surface area contributed by atoms with Gasteiger partial charge in [-0.25, -0.2) is 15.0 Å². The zero-order valence-corrected chi connectivity index (χ0v) is 11.2. The Balaban J connectivity index is 1.96. The summed E-state index contributed by atoms with van der Waals surface area (Å²) in [6, 6.07) is 0. The summed E-state index contributed by atoms with van der Waals surface area (Å²) in [6.07, 6.45) is 0.485. The van der Waals surface area contributed by atoms with Crippen molar-refractivity contribution in [1.29, 1.82) is 0 Å². The second-order valence-corrected chi connectivity index (χ2v) is 5.14. The summed E-state index contributed by atoms with van der Waals surface area (Å²) in [5.41, 5.74) is 7.23. The molecule has 3 atom stereocenters. The number of rotatable bonds is 1. The number of anilines is 1. The van der Waals surface area contributed by atoms with Crippen LogP contribution in [0.25, 0.3) is 11.0 Å². The quantitative estimate of drug-likeness (QED) is 0.600. The van der Waals surface area contributed by atoms with E-state index < -0.39 is 18.4 Å². The lowest BCUT2D eigenvalue weighted by molar-refractivity contribution is -0.0159. The molecule has 2 aliphatic heterocycles. The third-order valence-electron chi connectivity index (χ3n) is 3.83. The van der Waals surface area contributed by atoms with E-state index in [0.29, 0.717) is 22.9 Å². The number of nitrogens with zero attached hydrogens (tertiary/aromatic N) is 5. The van der Waals surface area contributed by atoms with Crippen molar-refractivity contribution in [2.45, 2.75) is 18.4 Å². The van der Waals surface area contributed by atoms with Gasteiger partial charge in [-0.2, -0.15) is 5.10 Å². The highest BCUT2D eigenvalue weighted by Crippen LogP contribution is 2.35. The van der Waals surface area contributed by atoms with Crippen molar-refractivity contribution in [2.24, 2.45) is 10.8 Å². The monoisotopic (exact) mass is 290 g/mol. The van der Waals surface area contributed by atoms with Gasteiger partial charge in [0.2, 0.25) is 0 Å². The predicted molar refractivity (Wildman–Crippen MR) is 73.7 cm³/mol. The summed E-state index contributed by atoms with van der Waals surface area (Å²) in [6.45, 7) is 0.0717. The van der Waals surface area contributed by atoms with Gasteiger partial charge in [0.15, 0.2) is 17.9 Å². The minimum absolute atomic E-state index is 0.0717. The lowest BCUT2D eigenvalue weighted by Gasteiger charge is -2.19. The predicted octanol–water partition coefficient (Wildman–Crippen LogP) is -1.25. The van der Waals surface area contributed by atoms with E-state index in [-0.39, 0.29) is 6.61 Å². The molecule has 2 aromatic heterocycles. The number of aromatic nitrogens is 3. The van der Waals surface area contributed by atoms with Gasteiger partial charge in [0.05, 0.1) is 12.0 Å². The van der Waals surface area contributed by atoms with Crippen LogP contribution in [0.4, 0.5) is 5.82 Å². The molecule has 0 saturated carbocycles. The van der Waals surface area contributed by atoms with Crippen molar-refractivity contribution in [3.05, 3.63) is 18.1 Å². The highest BCUT2D eigenvalue weighted by atomic mass is 16.5. The molecule has 0 aliphatic carbocycles. The molecule has 4 heterocycles. The third-order valence-corrected chi connectivity index (χ3v) is 3.83. The van der Waals surface area contributed by atoms with E-state index >= 15 is 0 Å². The summed E-state index contributed by atoms with van der Waals surface area (Å²) in [5, 5.41) is 26.2. The van der Waals surface area contributed by atoms with Crippen LogP contribution in [0, 0.1) is 0 Å². The van der Waals surface area contributed by atoms with Gasteiger partial charge in [0, 0.05) is 18.8 Å². The molecular formula is C12H14N6O3. The zero-order valence-electron chi connectivity index (χ0n) is 11.2. The van der Waals surface area contributed by atoms with E-state index in [4.69, 9.17) is 10.5 Å². The highest BCUT2D eigenvalue weighted by Gasteiger charge is 2.38. The first-order valence-corrected chi connectivity index (χ1v) is 6.49. The topological polar surface area (TPSA) is 122 Å². The fraction of sp³-hybridized carbons (Fsp3) is 0.417. The van der Waals surface area contributed by atoms with Crippen molar-refractivity contribution >= 4 is 22.7 Å². The molecule has 1 fully saturated rings. The Morgan fingerprint density at radius 1 is 1.38 bits per heavy atom. The lowest BCUT2D eigenvalue weighted by Crippen LogP contribution is -2.28. The molecule has 0 bridgehead atoms. The van der Waals surface area contributed by atoms with Gasteiger partial charge >= 0.3 is 0 Å². The Labute approximate surface area is 119 Å². The van der Waals surface area contributed by atoms with Gasteiger partial charge in [-0.15, -0.1) is 0 Å². The van der Waals surface area contributed by atoms with Gasteiger partial charge in [-0.3, -0.25) is 0 Å². The number of nitrogens with two attached hydrogens (primary N) is 1. The van der Waals surface area contributed by atoms with Gasteiger partial charge in [-0.05, 0) is 0 Å². The Morgan fingerprint density at radius 2 is 2.19 bits per heavy atom. The minimum Gasteiger partial charge on any atom is -0.388 e. The summed E-state index contributed by atoms with van der Waals surface area (Å²) < 4.78 is 7.13. The summed E-state index contributed by atoms with van der Waals surface area (Å²) in [7, 11) is 1.75. The Kier molecular flexibility index (Phi) is 2.46. The number of hydrogen-bond donors (Lipinski definition) is 3. The molecule has 0 amide bonds. The minimum atomic E-state index is -1.02. The third kappa shape index (κ3) is 1.59. The molecule has 0 spiro atoms. The Morgan fingerprint density at radius 3 is 2.90 bits per heavy atom. The van der Waals surface area contributed by atoms with Crippen molar-refractivity contribution in [3.8, 4) is 0 Å².